The third kappa shape index (κ3) is 4.45. The molecule has 1 aromatic carbocycles. The average molecular weight is 347 g/mol. The molecule has 130 valence electrons. The first kappa shape index (κ1) is 17.2. The molecule has 0 fully saturated rings. The van der Waals surface area contributed by atoms with Crippen LogP contribution in [0.25, 0.3) is 11.3 Å². The van der Waals surface area contributed by atoms with E-state index in [1.807, 2.05) is 30.3 Å². The normalized spacial score (nSPS) is 10.1. The predicted molar refractivity (Wildman–Crippen MR) is 96.3 cm³/mol. The highest BCUT2D eigenvalue weighted by Gasteiger charge is 2.12. The Morgan fingerprint density at radius 2 is 2.00 bits per heavy atom. The van der Waals surface area contributed by atoms with E-state index in [1.54, 1.807) is 24.4 Å². The number of pyridine rings is 1. The molecular formula is C19H17N5O2. The van der Waals surface area contributed by atoms with E-state index in [1.165, 1.54) is 0 Å². The van der Waals surface area contributed by atoms with Crippen LogP contribution in [0.5, 0.6) is 0 Å². The van der Waals surface area contributed by atoms with Crippen LogP contribution in [0.2, 0.25) is 0 Å². The standard InChI is InChI=1S/C19H17N5O2/c20-13-14-7-10-22-18(11-14)21-8-4-9-23-19(25)16-12-17(26-24-16)15-5-2-1-3-6-15/h1-3,5-7,10-12H,4,8-9H2,(H,21,22)(H,23,25). The topological polar surface area (TPSA) is 104 Å². The summed E-state index contributed by atoms with van der Waals surface area (Å²) in [5.74, 6) is 0.917. The lowest BCUT2D eigenvalue weighted by Crippen LogP contribution is -2.26. The molecule has 0 aliphatic carbocycles. The summed E-state index contributed by atoms with van der Waals surface area (Å²) in [7, 11) is 0. The van der Waals surface area contributed by atoms with Crippen molar-refractivity contribution in [2.24, 2.45) is 0 Å². The van der Waals surface area contributed by atoms with Gasteiger partial charge in [-0.3, -0.25) is 4.79 Å². The smallest absolute Gasteiger partial charge is 0.273 e. The van der Waals surface area contributed by atoms with E-state index in [4.69, 9.17) is 9.78 Å². The number of nitrogens with one attached hydrogen (secondary N) is 2. The molecule has 0 bridgehead atoms. The summed E-state index contributed by atoms with van der Waals surface area (Å²) in [6.07, 6.45) is 2.28. The van der Waals surface area contributed by atoms with Crippen LogP contribution in [-0.4, -0.2) is 29.1 Å². The third-order valence-electron chi connectivity index (χ3n) is 3.64. The molecule has 3 rings (SSSR count). The maximum atomic E-state index is 12.1. The molecule has 2 heterocycles. The summed E-state index contributed by atoms with van der Waals surface area (Å²) in [6, 6.07) is 16.5. The number of rotatable bonds is 7. The van der Waals surface area contributed by atoms with Gasteiger partial charge in [-0.1, -0.05) is 35.5 Å². The lowest BCUT2D eigenvalue weighted by molar-refractivity contribution is 0.0944. The van der Waals surface area contributed by atoms with Gasteiger partial charge in [0, 0.05) is 30.9 Å². The van der Waals surface area contributed by atoms with E-state index in [0.717, 1.165) is 5.56 Å². The van der Waals surface area contributed by atoms with Gasteiger partial charge in [-0.25, -0.2) is 4.98 Å². The second-order valence-electron chi connectivity index (χ2n) is 5.52. The largest absolute Gasteiger partial charge is 0.370 e. The van der Waals surface area contributed by atoms with E-state index in [-0.39, 0.29) is 11.6 Å². The van der Waals surface area contributed by atoms with E-state index in [0.29, 0.717) is 36.7 Å². The zero-order valence-electron chi connectivity index (χ0n) is 14.0. The van der Waals surface area contributed by atoms with Crippen molar-refractivity contribution in [3.8, 4) is 17.4 Å². The quantitative estimate of drug-likeness (QED) is 0.637. The van der Waals surface area contributed by atoms with E-state index in [2.05, 4.69) is 26.8 Å². The molecule has 0 saturated heterocycles. The fourth-order valence-electron chi connectivity index (χ4n) is 2.31. The van der Waals surface area contributed by atoms with Gasteiger partial charge in [0.05, 0.1) is 11.6 Å². The Labute approximate surface area is 150 Å². The Bertz CT molecular complexity index is 915. The van der Waals surface area contributed by atoms with Crippen molar-refractivity contribution >= 4 is 11.7 Å². The number of aromatic nitrogens is 2. The van der Waals surface area contributed by atoms with E-state index < -0.39 is 0 Å². The Morgan fingerprint density at radius 1 is 1.15 bits per heavy atom. The van der Waals surface area contributed by atoms with Crippen LogP contribution in [0.4, 0.5) is 5.82 Å². The Hall–Kier alpha value is -3.66. The minimum Gasteiger partial charge on any atom is -0.370 e. The van der Waals surface area contributed by atoms with Gasteiger partial charge in [0.2, 0.25) is 0 Å². The number of carbonyl (C=O) groups excluding carboxylic acids is 1. The molecule has 1 amide bonds. The number of carbonyl (C=O) groups is 1. The predicted octanol–water partition coefficient (Wildman–Crippen LogP) is 2.84. The summed E-state index contributed by atoms with van der Waals surface area (Å²) in [5.41, 5.74) is 1.67. The molecule has 0 saturated carbocycles. The zero-order chi connectivity index (χ0) is 18.2. The summed E-state index contributed by atoms with van der Waals surface area (Å²) in [4.78, 5) is 16.2. The van der Waals surface area contributed by atoms with Crippen LogP contribution in [0.3, 0.4) is 0 Å². The van der Waals surface area contributed by atoms with Crippen LogP contribution in [0, 0.1) is 11.3 Å². The summed E-state index contributed by atoms with van der Waals surface area (Å²) < 4.78 is 5.22. The first-order valence-electron chi connectivity index (χ1n) is 8.16. The van der Waals surface area contributed by atoms with Crippen LogP contribution in [-0.2, 0) is 0 Å². The second-order valence-corrected chi connectivity index (χ2v) is 5.52. The number of amides is 1. The lowest BCUT2D eigenvalue weighted by atomic mass is 10.1. The molecule has 0 radical (unpaired) electrons. The molecule has 3 aromatic rings. The van der Waals surface area contributed by atoms with Gasteiger partial charge in [-0.15, -0.1) is 0 Å². The van der Waals surface area contributed by atoms with Crippen molar-refractivity contribution in [1.29, 1.82) is 5.26 Å². The molecule has 7 nitrogen and oxygen atoms in total. The number of hydrogen-bond donors (Lipinski definition) is 2. The summed E-state index contributed by atoms with van der Waals surface area (Å²) >= 11 is 0. The fraction of sp³-hybridized carbons (Fsp3) is 0.158. The Kier molecular flexibility index (Phi) is 5.58. The average Bonchev–Trinajstić information content (AvgIpc) is 3.19. The second kappa shape index (κ2) is 8.44. The van der Waals surface area contributed by atoms with Crippen molar-refractivity contribution in [2.45, 2.75) is 6.42 Å². The molecule has 0 aliphatic rings. The maximum absolute atomic E-state index is 12.1. The van der Waals surface area contributed by atoms with Crippen LogP contribution >= 0.6 is 0 Å². The molecule has 2 N–H and O–H groups in total. The van der Waals surface area contributed by atoms with Gasteiger partial charge in [-0.05, 0) is 18.6 Å². The SMILES string of the molecule is N#Cc1ccnc(NCCCNC(=O)c2cc(-c3ccccc3)on2)c1. The molecule has 2 aromatic heterocycles. The summed E-state index contributed by atoms with van der Waals surface area (Å²) in [5, 5.41) is 18.6. The fourth-order valence-corrected chi connectivity index (χ4v) is 2.31. The zero-order valence-corrected chi connectivity index (χ0v) is 14.0. The molecule has 0 aliphatic heterocycles. The van der Waals surface area contributed by atoms with Crippen molar-refractivity contribution in [2.75, 3.05) is 18.4 Å². The maximum Gasteiger partial charge on any atom is 0.273 e. The highest BCUT2D eigenvalue weighted by atomic mass is 16.5. The Morgan fingerprint density at radius 3 is 2.81 bits per heavy atom. The van der Waals surface area contributed by atoms with Gasteiger partial charge < -0.3 is 15.2 Å². The molecular weight excluding hydrogens is 330 g/mol. The van der Waals surface area contributed by atoms with E-state index in [9.17, 15) is 4.79 Å². The number of anilines is 1. The van der Waals surface area contributed by atoms with Crippen LogP contribution < -0.4 is 10.6 Å². The first-order chi connectivity index (χ1) is 12.8. The van der Waals surface area contributed by atoms with Crippen LogP contribution in [0.15, 0.2) is 59.3 Å². The van der Waals surface area contributed by atoms with Crippen molar-refractivity contribution in [1.82, 2.24) is 15.5 Å². The van der Waals surface area contributed by atoms with Gasteiger partial charge in [0.1, 0.15) is 5.82 Å². The minimum absolute atomic E-state index is 0.250. The number of benzene rings is 1. The highest BCUT2D eigenvalue weighted by molar-refractivity contribution is 5.93. The summed E-state index contributed by atoms with van der Waals surface area (Å²) in [6.45, 7) is 1.10. The number of hydrogen-bond acceptors (Lipinski definition) is 6. The molecule has 0 spiro atoms. The van der Waals surface area contributed by atoms with Gasteiger partial charge in [0.15, 0.2) is 11.5 Å². The van der Waals surface area contributed by atoms with E-state index >= 15 is 0 Å². The molecule has 0 atom stereocenters. The molecule has 7 heteroatoms. The third-order valence-corrected chi connectivity index (χ3v) is 3.64. The first-order valence-corrected chi connectivity index (χ1v) is 8.16. The van der Waals surface area contributed by atoms with Crippen molar-refractivity contribution < 1.29 is 9.32 Å². The molecule has 0 unspecified atom stereocenters. The van der Waals surface area contributed by atoms with Gasteiger partial charge in [0.25, 0.3) is 5.91 Å². The lowest BCUT2D eigenvalue weighted by Gasteiger charge is -2.06. The van der Waals surface area contributed by atoms with Crippen LogP contribution in [0.1, 0.15) is 22.5 Å². The number of nitriles is 1. The Balaban J connectivity index is 1.43. The molecule has 26 heavy (non-hydrogen) atoms. The van der Waals surface area contributed by atoms with Gasteiger partial charge >= 0.3 is 0 Å². The van der Waals surface area contributed by atoms with Crippen molar-refractivity contribution in [3.05, 3.63) is 66.0 Å². The highest BCUT2D eigenvalue weighted by Crippen LogP contribution is 2.19. The monoisotopic (exact) mass is 347 g/mol. The minimum atomic E-state index is -0.277. The van der Waals surface area contributed by atoms with Crippen molar-refractivity contribution in [3.63, 3.8) is 0 Å². The van der Waals surface area contributed by atoms with Gasteiger partial charge in [-0.2, -0.15) is 5.26 Å². The number of nitrogens with zero attached hydrogens (tertiary/aromatic N) is 3.